The lowest BCUT2D eigenvalue weighted by Crippen LogP contribution is -2.37. The Morgan fingerprint density at radius 1 is 1.03 bits per heavy atom. The van der Waals surface area contributed by atoms with Crippen molar-refractivity contribution in [2.45, 2.75) is 49.2 Å². The Labute approximate surface area is 206 Å². The number of benzene rings is 1. The third-order valence-corrected chi connectivity index (χ3v) is 7.84. The van der Waals surface area contributed by atoms with E-state index in [-0.39, 0.29) is 24.3 Å². The van der Waals surface area contributed by atoms with Crippen molar-refractivity contribution in [1.82, 2.24) is 15.0 Å². The summed E-state index contributed by atoms with van der Waals surface area (Å²) in [6, 6.07) is 7.67. The molecule has 1 aliphatic carbocycles. The van der Waals surface area contributed by atoms with Crippen LogP contribution in [0.25, 0.3) is 11.1 Å². The zero-order chi connectivity index (χ0) is 24.6. The van der Waals surface area contributed by atoms with E-state index in [0.29, 0.717) is 42.4 Å². The molecule has 1 unspecified atom stereocenters. The van der Waals surface area contributed by atoms with Crippen LogP contribution in [0.2, 0.25) is 5.02 Å². The van der Waals surface area contributed by atoms with Gasteiger partial charge in [-0.25, -0.2) is 9.71 Å². The molecule has 0 spiro atoms. The number of carbonyl (C=O) groups is 2. The Hall–Kier alpha value is -2.89. The molecule has 0 radical (unpaired) electrons. The average molecular weight is 522 g/mol. The smallest absolute Gasteiger partial charge is 0.297 e. The zero-order valence-corrected chi connectivity index (χ0v) is 20.2. The quantitative estimate of drug-likeness (QED) is 0.503. The standard InChI is InChI=1S/C23H24ClN3O7S/c24-15-3-6-18-17(11-15)26-23(34-18)13-1-4-16(5-2-13)25-22(29)19-7-8-20(33-19)35(30,31)27-21(28)14-9-10-32-12-14/h3,6-8,11,13-14,16H,1-2,4-5,9-10,12H2,(H,25,29)(H,27,28). The van der Waals surface area contributed by atoms with E-state index in [4.69, 9.17) is 25.2 Å². The van der Waals surface area contributed by atoms with E-state index < -0.39 is 32.8 Å². The number of furan rings is 1. The number of hydrogen-bond donors (Lipinski definition) is 2. The largest absolute Gasteiger partial charge is 0.440 e. The van der Waals surface area contributed by atoms with Gasteiger partial charge in [-0.15, -0.1) is 0 Å². The summed E-state index contributed by atoms with van der Waals surface area (Å²) in [5, 5.41) is 3.00. The molecule has 1 aliphatic heterocycles. The van der Waals surface area contributed by atoms with Crippen molar-refractivity contribution in [2.75, 3.05) is 13.2 Å². The zero-order valence-electron chi connectivity index (χ0n) is 18.7. The summed E-state index contributed by atoms with van der Waals surface area (Å²) in [4.78, 5) is 29.3. The number of fused-ring (bicyclic) bond motifs is 1. The fourth-order valence-corrected chi connectivity index (χ4v) is 5.57. The van der Waals surface area contributed by atoms with Crippen LogP contribution < -0.4 is 10.0 Å². The second kappa shape index (κ2) is 9.63. The molecule has 5 rings (SSSR count). The van der Waals surface area contributed by atoms with Gasteiger partial charge < -0.3 is 18.9 Å². The lowest BCUT2D eigenvalue weighted by atomic mass is 9.86. The van der Waals surface area contributed by atoms with Crippen molar-refractivity contribution in [2.24, 2.45) is 5.92 Å². The Kier molecular flexibility index (Phi) is 6.56. The van der Waals surface area contributed by atoms with E-state index in [9.17, 15) is 18.0 Å². The third kappa shape index (κ3) is 5.21. The summed E-state index contributed by atoms with van der Waals surface area (Å²) in [5.41, 5.74) is 1.41. The highest BCUT2D eigenvalue weighted by atomic mass is 35.5. The number of nitrogens with one attached hydrogen (secondary N) is 2. The predicted octanol–water partition coefficient (Wildman–Crippen LogP) is 3.37. The molecule has 1 atom stereocenters. The van der Waals surface area contributed by atoms with Gasteiger partial charge >= 0.3 is 0 Å². The van der Waals surface area contributed by atoms with E-state index in [2.05, 4.69) is 10.3 Å². The van der Waals surface area contributed by atoms with Crippen molar-refractivity contribution >= 4 is 44.5 Å². The highest BCUT2D eigenvalue weighted by molar-refractivity contribution is 7.89. The number of amides is 2. The summed E-state index contributed by atoms with van der Waals surface area (Å²) >= 11 is 6.02. The lowest BCUT2D eigenvalue weighted by Gasteiger charge is -2.27. The van der Waals surface area contributed by atoms with Crippen LogP contribution in [-0.2, 0) is 19.6 Å². The third-order valence-electron chi connectivity index (χ3n) is 6.38. The number of rotatable bonds is 6. The van der Waals surface area contributed by atoms with Gasteiger partial charge in [-0.1, -0.05) is 11.6 Å². The number of aromatic nitrogens is 1. The molecular formula is C23H24ClN3O7S. The van der Waals surface area contributed by atoms with Crippen molar-refractivity contribution < 1.29 is 31.6 Å². The first-order valence-electron chi connectivity index (χ1n) is 11.4. The maximum absolute atomic E-state index is 12.6. The van der Waals surface area contributed by atoms with Crippen molar-refractivity contribution in [3.63, 3.8) is 0 Å². The van der Waals surface area contributed by atoms with Crippen LogP contribution in [0.1, 0.15) is 54.5 Å². The average Bonchev–Trinajstić information content (AvgIpc) is 3.59. The molecule has 186 valence electrons. The molecule has 2 N–H and O–H groups in total. The maximum atomic E-state index is 12.6. The van der Waals surface area contributed by atoms with Crippen molar-refractivity contribution in [1.29, 1.82) is 0 Å². The Balaban J connectivity index is 1.16. The number of carbonyl (C=O) groups excluding carboxylic acids is 2. The van der Waals surface area contributed by atoms with Crippen LogP contribution in [-0.4, -0.2) is 44.5 Å². The lowest BCUT2D eigenvalue weighted by molar-refractivity contribution is -0.123. The number of hydrogen-bond acceptors (Lipinski definition) is 8. The Morgan fingerprint density at radius 2 is 1.83 bits per heavy atom. The Bertz CT molecular complexity index is 1350. The van der Waals surface area contributed by atoms with Crippen LogP contribution in [0.15, 0.2) is 44.3 Å². The fourth-order valence-electron chi connectivity index (χ4n) is 4.43. The Morgan fingerprint density at radius 3 is 2.57 bits per heavy atom. The molecule has 1 saturated heterocycles. The van der Waals surface area contributed by atoms with Gasteiger partial charge in [0, 0.05) is 23.6 Å². The minimum Gasteiger partial charge on any atom is -0.440 e. The summed E-state index contributed by atoms with van der Waals surface area (Å²) in [6.45, 7) is 0.588. The minimum absolute atomic E-state index is 0.0928. The molecule has 0 bridgehead atoms. The van der Waals surface area contributed by atoms with Gasteiger partial charge in [0.25, 0.3) is 15.9 Å². The first kappa shape index (κ1) is 23.8. The number of ether oxygens (including phenoxy) is 1. The highest BCUT2D eigenvalue weighted by Crippen LogP contribution is 2.34. The minimum atomic E-state index is -4.22. The molecule has 3 heterocycles. The highest BCUT2D eigenvalue weighted by Gasteiger charge is 2.31. The SMILES string of the molecule is O=C(NC1CCC(c2nc3cc(Cl)ccc3o2)CC1)c1ccc(S(=O)(=O)NC(=O)C2CCOC2)o1. The van der Waals surface area contributed by atoms with Crippen LogP contribution >= 0.6 is 11.6 Å². The van der Waals surface area contributed by atoms with Crippen LogP contribution in [0.4, 0.5) is 0 Å². The summed E-state index contributed by atoms with van der Waals surface area (Å²) < 4.78 is 43.2. The first-order chi connectivity index (χ1) is 16.8. The topological polar surface area (TPSA) is 141 Å². The van der Waals surface area contributed by atoms with Crippen molar-refractivity contribution in [3.05, 3.63) is 47.0 Å². The summed E-state index contributed by atoms with van der Waals surface area (Å²) in [5.74, 6) is -1.02. The molecule has 1 aromatic carbocycles. The number of nitrogens with zero attached hydrogens (tertiary/aromatic N) is 1. The molecule has 35 heavy (non-hydrogen) atoms. The van der Waals surface area contributed by atoms with Crippen molar-refractivity contribution in [3.8, 4) is 0 Å². The fraction of sp³-hybridized carbons (Fsp3) is 0.435. The van der Waals surface area contributed by atoms with E-state index in [1.807, 2.05) is 4.72 Å². The van der Waals surface area contributed by atoms with Gasteiger partial charge in [-0.05, 0) is 62.4 Å². The molecule has 3 aromatic rings. The second-order valence-corrected chi connectivity index (χ2v) is 10.9. The summed E-state index contributed by atoms with van der Waals surface area (Å²) in [7, 11) is -4.22. The normalized spacial score (nSPS) is 22.8. The van der Waals surface area contributed by atoms with Gasteiger partial charge in [-0.2, -0.15) is 8.42 Å². The maximum Gasteiger partial charge on any atom is 0.297 e. The van der Waals surface area contributed by atoms with Gasteiger partial charge in [0.05, 0.1) is 12.5 Å². The number of oxazole rings is 1. The van der Waals surface area contributed by atoms with Gasteiger partial charge in [0.1, 0.15) is 5.52 Å². The predicted molar refractivity (Wildman–Crippen MR) is 124 cm³/mol. The molecular weight excluding hydrogens is 498 g/mol. The second-order valence-electron chi connectivity index (χ2n) is 8.84. The first-order valence-corrected chi connectivity index (χ1v) is 13.3. The van der Waals surface area contributed by atoms with Crippen LogP contribution in [0.5, 0.6) is 0 Å². The number of sulfonamides is 1. The number of halogens is 1. The van der Waals surface area contributed by atoms with E-state index >= 15 is 0 Å². The van der Waals surface area contributed by atoms with Gasteiger partial charge in [0.15, 0.2) is 17.2 Å². The molecule has 2 aliphatic rings. The van der Waals surface area contributed by atoms with Gasteiger partial charge in [0.2, 0.25) is 11.0 Å². The van der Waals surface area contributed by atoms with Crippen LogP contribution in [0.3, 0.4) is 0 Å². The molecule has 2 amide bonds. The molecule has 12 heteroatoms. The molecule has 1 saturated carbocycles. The van der Waals surface area contributed by atoms with Gasteiger partial charge in [-0.3, -0.25) is 9.59 Å². The molecule has 2 aromatic heterocycles. The van der Waals surface area contributed by atoms with Crippen LogP contribution in [0, 0.1) is 5.92 Å². The van der Waals surface area contributed by atoms with E-state index in [0.717, 1.165) is 24.4 Å². The molecule has 10 nitrogen and oxygen atoms in total. The van der Waals surface area contributed by atoms with E-state index in [1.165, 1.54) is 6.07 Å². The monoisotopic (exact) mass is 521 g/mol. The molecule has 2 fully saturated rings. The summed E-state index contributed by atoms with van der Waals surface area (Å²) in [6.07, 6.45) is 3.43. The van der Waals surface area contributed by atoms with E-state index in [1.54, 1.807) is 18.2 Å².